The molecule has 0 atom stereocenters. The lowest BCUT2D eigenvalue weighted by Gasteiger charge is -2.24. The van der Waals surface area contributed by atoms with Gasteiger partial charge in [0.1, 0.15) is 0 Å². The third-order valence-electron chi connectivity index (χ3n) is 1.51. The van der Waals surface area contributed by atoms with Gasteiger partial charge < -0.3 is 5.32 Å². The van der Waals surface area contributed by atoms with Gasteiger partial charge in [-0.3, -0.25) is 9.89 Å². The molecular formula is C6H13N3. The van der Waals surface area contributed by atoms with E-state index in [1.807, 2.05) is 0 Å². The first kappa shape index (κ1) is 6.71. The van der Waals surface area contributed by atoms with E-state index in [2.05, 4.69) is 21.9 Å². The van der Waals surface area contributed by atoms with Crippen molar-refractivity contribution in [3.8, 4) is 0 Å². The zero-order chi connectivity index (χ0) is 6.53. The molecule has 1 rings (SSSR count). The third kappa shape index (κ3) is 2.11. The molecule has 1 saturated heterocycles. The van der Waals surface area contributed by atoms with Gasteiger partial charge in [0, 0.05) is 26.2 Å². The normalized spacial score (nSPS) is 21.8. The fourth-order valence-corrected chi connectivity index (χ4v) is 0.994. The van der Waals surface area contributed by atoms with E-state index in [1.165, 1.54) is 0 Å². The summed E-state index contributed by atoms with van der Waals surface area (Å²) in [5.74, 6) is 0. The number of rotatable bonds is 2. The van der Waals surface area contributed by atoms with E-state index in [0.29, 0.717) is 0 Å². The quantitative estimate of drug-likeness (QED) is 0.509. The number of piperazine rings is 1. The maximum absolute atomic E-state index is 3.81. The van der Waals surface area contributed by atoms with Crippen LogP contribution in [0.3, 0.4) is 0 Å². The number of hydrogen-bond acceptors (Lipinski definition) is 3. The topological polar surface area (TPSA) is 27.6 Å². The molecule has 1 N–H and O–H groups in total. The summed E-state index contributed by atoms with van der Waals surface area (Å²) in [5, 5.41) is 3.27. The maximum Gasteiger partial charge on any atom is 0.0903 e. The van der Waals surface area contributed by atoms with Crippen LogP contribution in [0.5, 0.6) is 0 Å². The third-order valence-corrected chi connectivity index (χ3v) is 1.51. The molecule has 9 heavy (non-hydrogen) atoms. The fourth-order valence-electron chi connectivity index (χ4n) is 0.994. The molecule has 1 fully saturated rings. The van der Waals surface area contributed by atoms with Crippen LogP contribution < -0.4 is 5.32 Å². The van der Waals surface area contributed by atoms with E-state index in [1.54, 1.807) is 0 Å². The molecule has 0 amide bonds. The van der Waals surface area contributed by atoms with Gasteiger partial charge in [-0.2, -0.15) is 0 Å². The Bertz CT molecular complexity index is 86.3. The number of nitrogens with one attached hydrogen (secondary N) is 1. The Labute approximate surface area is 55.8 Å². The SMILES string of the molecule is C=NCN1CCNCC1. The van der Waals surface area contributed by atoms with Gasteiger partial charge in [0.2, 0.25) is 0 Å². The summed E-state index contributed by atoms with van der Waals surface area (Å²) in [4.78, 5) is 6.09. The van der Waals surface area contributed by atoms with Crippen LogP contribution >= 0.6 is 0 Å². The molecule has 0 aliphatic carbocycles. The first-order valence-corrected chi connectivity index (χ1v) is 3.29. The van der Waals surface area contributed by atoms with Gasteiger partial charge in [0.05, 0.1) is 6.67 Å². The minimum absolute atomic E-state index is 0.793. The van der Waals surface area contributed by atoms with Crippen molar-refractivity contribution in [2.45, 2.75) is 0 Å². The van der Waals surface area contributed by atoms with Crippen LogP contribution in [0.4, 0.5) is 0 Å². The zero-order valence-electron chi connectivity index (χ0n) is 5.64. The average molecular weight is 127 g/mol. The molecule has 0 bridgehead atoms. The molecule has 0 saturated carbocycles. The van der Waals surface area contributed by atoms with Gasteiger partial charge >= 0.3 is 0 Å². The van der Waals surface area contributed by atoms with Gasteiger partial charge in [0.25, 0.3) is 0 Å². The zero-order valence-corrected chi connectivity index (χ0v) is 5.64. The monoisotopic (exact) mass is 127 g/mol. The van der Waals surface area contributed by atoms with Crippen LogP contribution in [0.1, 0.15) is 0 Å². The second kappa shape index (κ2) is 3.58. The highest BCUT2D eigenvalue weighted by atomic mass is 15.2. The Morgan fingerprint density at radius 1 is 1.44 bits per heavy atom. The van der Waals surface area contributed by atoms with E-state index < -0.39 is 0 Å². The molecule has 0 aromatic carbocycles. The predicted octanol–water partition coefficient (Wildman–Crippen LogP) is -0.450. The Morgan fingerprint density at radius 3 is 2.67 bits per heavy atom. The predicted molar refractivity (Wildman–Crippen MR) is 38.9 cm³/mol. The smallest absolute Gasteiger partial charge is 0.0903 e. The van der Waals surface area contributed by atoms with E-state index in [9.17, 15) is 0 Å². The van der Waals surface area contributed by atoms with Crippen molar-refractivity contribution in [1.82, 2.24) is 10.2 Å². The highest BCUT2D eigenvalue weighted by Crippen LogP contribution is 1.89. The second-order valence-corrected chi connectivity index (χ2v) is 2.23. The van der Waals surface area contributed by atoms with Crippen molar-refractivity contribution in [1.29, 1.82) is 0 Å². The Balaban J connectivity index is 2.15. The molecule has 1 aliphatic heterocycles. The first-order chi connectivity index (χ1) is 4.43. The highest BCUT2D eigenvalue weighted by Gasteiger charge is 2.06. The summed E-state index contributed by atoms with van der Waals surface area (Å²) < 4.78 is 0. The molecule has 1 heterocycles. The lowest BCUT2D eigenvalue weighted by atomic mass is 10.4. The summed E-state index contributed by atoms with van der Waals surface area (Å²) in [6, 6.07) is 0. The van der Waals surface area contributed by atoms with Crippen LogP contribution in [-0.2, 0) is 0 Å². The van der Waals surface area contributed by atoms with Crippen LogP contribution in [0, 0.1) is 0 Å². The van der Waals surface area contributed by atoms with Gasteiger partial charge in [0.15, 0.2) is 0 Å². The molecule has 3 nitrogen and oxygen atoms in total. The molecule has 0 aromatic rings. The molecule has 0 spiro atoms. The average Bonchev–Trinajstić information content (AvgIpc) is 1.91. The minimum Gasteiger partial charge on any atom is -0.314 e. The van der Waals surface area contributed by atoms with Crippen molar-refractivity contribution in [2.24, 2.45) is 4.99 Å². The van der Waals surface area contributed by atoms with Gasteiger partial charge in [-0.25, -0.2) is 0 Å². The largest absolute Gasteiger partial charge is 0.314 e. The Kier molecular flexibility index (Phi) is 2.67. The van der Waals surface area contributed by atoms with Crippen LogP contribution in [0.25, 0.3) is 0 Å². The van der Waals surface area contributed by atoms with Crippen molar-refractivity contribution in [3.05, 3.63) is 0 Å². The van der Waals surface area contributed by atoms with E-state index in [-0.39, 0.29) is 0 Å². The van der Waals surface area contributed by atoms with Crippen molar-refractivity contribution < 1.29 is 0 Å². The van der Waals surface area contributed by atoms with Gasteiger partial charge in [-0.15, -0.1) is 0 Å². The molecule has 0 aromatic heterocycles. The summed E-state index contributed by atoms with van der Waals surface area (Å²) in [6.45, 7) is 8.64. The lowest BCUT2D eigenvalue weighted by molar-refractivity contribution is 0.249. The number of hydrogen-bond donors (Lipinski definition) is 1. The highest BCUT2D eigenvalue weighted by molar-refractivity contribution is 5.22. The first-order valence-electron chi connectivity index (χ1n) is 3.29. The molecule has 0 radical (unpaired) electrons. The standard InChI is InChI=1S/C6H13N3/c1-7-6-9-4-2-8-3-5-9/h8H,1-6H2. The van der Waals surface area contributed by atoms with Crippen LogP contribution in [0.2, 0.25) is 0 Å². The Morgan fingerprint density at radius 2 is 2.11 bits per heavy atom. The second-order valence-electron chi connectivity index (χ2n) is 2.23. The summed E-state index contributed by atoms with van der Waals surface area (Å²) in [5.41, 5.74) is 0. The summed E-state index contributed by atoms with van der Waals surface area (Å²) in [7, 11) is 0. The van der Waals surface area contributed by atoms with Gasteiger partial charge in [-0.1, -0.05) is 0 Å². The minimum atomic E-state index is 0.793. The molecule has 52 valence electrons. The van der Waals surface area contributed by atoms with E-state index >= 15 is 0 Å². The summed E-state index contributed by atoms with van der Waals surface area (Å²) >= 11 is 0. The Hall–Kier alpha value is -0.410. The molecule has 0 unspecified atom stereocenters. The molecular weight excluding hydrogens is 114 g/mol. The lowest BCUT2D eigenvalue weighted by Crippen LogP contribution is -2.43. The number of aliphatic imine (C=N–C) groups is 1. The number of nitrogens with zero attached hydrogens (tertiary/aromatic N) is 2. The fraction of sp³-hybridized carbons (Fsp3) is 0.833. The molecule has 3 heteroatoms. The van der Waals surface area contributed by atoms with Gasteiger partial charge in [-0.05, 0) is 6.72 Å². The van der Waals surface area contributed by atoms with Crippen molar-refractivity contribution >= 4 is 6.72 Å². The van der Waals surface area contributed by atoms with E-state index in [4.69, 9.17) is 0 Å². The van der Waals surface area contributed by atoms with Crippen molar-refractivity contribution in [2.75, 3.05) is 32.8 Å². The van der Waals surface area contributed by atoms with Crippen LogP contribution in [-0.4, -0.2) is 44.5 Å². The maximum atomic E-state index is 3.81. The summed E-state index contributed by atoms with van der Waals surface area (Å²) in [6.07, 6.45) is 0. The van der Waals surface area contributed by atoms with E-state index in [0.717, 1.165) is 32.8 Å². The molecule has 1 aliphatic rings. The van der Waals surface area contributed by atoms with Crippen LogP contribution in [0.15, 0.2) is 4.99 Å². The van der Waals surface area contributed by atoms with Crippen molar-refractivity contribution in [3.63, 3.8) is 0 Å².